The van der Waals surface area contributed by atoms with Crippen LogP contribution in [0.4, 0.5) is 37.9 Å². The van der Waals surface area contributed by atoms with E-state index in [4.69, 9.17) is 14.3 Å². The number of hydrogen-bond acceptors (Lipinski definition) is 10. The van der Waals surface area contributed by atoms with Crippen molar-refractivity contribution < 1.29 is 50.4 Å². The van der Waals surface area contributed by atoms with Crippen LogP contribution in [-0.2, 0) is 23.9 Å². The summed E-state index contributed by atoms with van der Waals surface area (Å²) in [6.07, 6.45) is -2.22. The number of rotatable bonds is 7. The Morgan fingerprint density at radius 2 is 1.12 bits per heavy atom. The van der Waals surface area contributed by atoms with Gasteiger partial charge in [0.1, 0.15) is 13.2 Å². The minimum atomic E-state index is -2.26. The average Bonchev–Trinajstić information content (AvgIpc) is 3.86. The predicted molar refractivity (Wildman–Crippen MR) is 238 cm³/mol. The molecule has 1 aliphatic heterocycles. The summed E-state index contributed by atoms with van der Waals surface area (Å²) in [6, 6.07) is 25.9. The Morgan fingerprint density at radius 1 is 0.717 bits per heavy atom. The van der Waals surface area contributed by atoms with E-state index in [1.165, 1.54) is 19.0 Å². The Balaban J connectivity index is 0.000000239. The molecule has 1 fully saturated rings. The summed E-state index contributed by atoms with van der Waals surface area (Å²) in [4.78, 5) is 77.6. The van der Waals surface area contributed by atoms with Crippen molar-refractivity contribution in [2.45, 2.75) is 24.7 Å². The molecule has 2 aliphatic carbocycles. The third kappa shape index (κ3) is 12.0. The minimum absolute atomic E-state index is 0.00317. The number of carbonyl (C=O) groups is 6. The molecule has 4 aromatic rings. The number of carbonyl (C=O) groups excluding carboxylic acids is 6. The van der Waals surface area contributed by atoms with E-state index in [2.05, 4.69) is 47.8 Å². The van der Waals surface area contributed by atoms with Crippen molar-refractivity contribution in [3.8, 4) is 22.3 Å². The first-order valence-corrected chi connectivity index (χ1v) is 24.3. The Hall–Kier alpha value is -5.62. The van der Waals surface area contributed by atoms with Crippen LogP contribution in [0.15, 0.2) is 84.9 Å². The van der Waals surface area contributed by atoms with Crippen molar-refractivity contribution in [1.29, 1.82) is 0 Å². The van der Waals surface area contributed by atoms with E-state index in [1.807, 2.05) is 83.8 Å². The monoisotopic (exact) mass is 1060 g/mol. The summed E-state index contributed by atoms with van der Waals surface area (Å²) in [7, 11) is 3.06. The van der Waals surface area contributed by atoms with Crippen LogP contribution in [0, 0.1) is 0 Å². The summed E-state index contributed by atoms with van der Waals surface area (Å²) < 4.78 is 37.8. The van der Waals surface area contributed by atoms with Crippen LogP contribution in [0.5, 0.6) is 0 Å². The Bertz CT molecular complexity index is 2200. The van der Waals surface area contributed by atoms with E-state index in [0.29, 0.717) is 16.4 Å². The van der Waals surface area contributed by atoms with Crippen LogP contribution in [0.1, 0.15) is 46.9 Å². The van der Waals surface area contributed by atoms with Gasteiger partial charge in [-0.3, -0.25) is 14.4 Å². The molecule has 1 heterocycles. The quantitative estimate of drug-likeness (QED) is 0.0346. The Labute approximate surface area is 366 Å². The van der Waals surface area contributed by atoms with Crippen molar-refractivity contribution in [2.24, 2.45) is 3.95 Å². The van der Waals surface area contributed by atoms with Crippen LogP contribution in [-0.4, -0.2) is 78.4 Å². The maximum atomic E-state index is 12.1. The minimum Gasteiger partial charge on any atom is -0.447 e. The van der Waals surface area contributed by atoms with Gasteiger partial charge < -0.3 is 30.7 Å². The third-order valence-electron chi connectivity index (χ3n) is 9.07. The van der Waals surface area contributed by atoms with Crippen molar-refractivity contribution >= 4 is 90.8 Å². The number of alkyl halides is 2. The molecule has 7 N–H and O–H groups in total. The molecule has 0 saturated carbocycles. The van der Waals surface area contributed by atoms with Crippen LogP contribution in [0.2, 0.25) is 0 Å². The number of nitrogens with two attached hydrogens (primary N) is 1. The van der Waals surface area contributed by atoms with Crippen molar-refractivity contribution in [1.82, 2.24) is 21.2 Å². The Morgan fingerprint density at radius 3 is 1.53 bits per heavy atom. The number of anilines is 2. The number of hydroxylamine groups is 2. The fourth-order valence-corrected chi connectivity index (χ4v) is 6.62. The molecular formula is C40H43F2I2N7O9. The van der Waals surface area contributed by atoms with E-state index in [0.717, 1.165) is 50.0 Å². The van der Waals surface area contributed by atoms with Gasteiger partial charge in [-0.25, -0.2) is 19.2 Å². The molecule has 2 unspecified atom stereocenters. The predicted octanol–water partition coefficient (Wildman–Crippen LogP) is 7.86. The molecule has 2 atom stereocenters. The first-order chi connectivity index (χ1) is 28.8. The van der Waals surface area contributed by atoms with Crippen LogP contribution in [0.3, 0.4) is 0 Å². The zero-order chi connectivity index (χ0) is 43.9. The molecule has 320 valence electrons. The summed E-state index contributed by atoms with van der Waals surface area (Å²) in [5.74, 6) is -1.66. The maximum absolute atomic E-state index is 12.1. The molecule has 60 heavy (non-hydrogen) atoms. The molecule has 3 aliphatic rings. The second-order valence-corrected chi connectivity index (χ2v) is 15.2. The number of nitrogens with one attached hydrogen (secondary N) is 5. The Kier molecular flexibility index (Phi) is 17.8. The molecule has 0 radical (unpaired) electrons. The standard InChI is InChI=1S/C21H19N3O6.C17H16FN3O3.CH5FIN.CH3I/c1-22-20(27)23-12-6-7-15-13-4-2-3-5-14(13)17(16(15)10-12)11-29-21(28)30-24-18(25)8-9-19(24)26;1-19-16(22)20-10-6-7-13-11-4-2-3-5-12(11)15(14(13)8-10)9-24-17(23)21-18;1-3(2)4;1-2/h2-7,10,17H,8-9,11H2,1H3,(H2,22,23,27);2-8,15H,9H2,1H3,(H,21,23)(H2,19,20,22);4H2,1H3;1H3. The molecule has 0 aromatic heterocycles. The van der Waals surface area contributed by atoms with Gasteiger partial charge in [0, 0.05) is 50.1 Å². The number of halogens is 4. The average molecular weight is 1060 g/mol. The molecule has 7 amide bonds. The number of imide groups is 1. The molecule has 0 bridgehead atoms. The number of ether oxygens (including phenoxy) is 2. The van der Waals surface area contributed by atoms with Gasteiger partial charge in [-0.15, -0.1) is 0 Å². The number of benzene rings is 4. The van der Waals surface area contributed by atoms with E-state index < -0.39 is 44.7 Å². The zero-order valence-electron chi connectivity index (χ0n) is 32.8. The molecule has 7 rings (SSSR count). The van der Waals surface area contributed by atoms with Crippen molar-refractivity contribution in [3.63, 3.8) is 0 Å². The molecule has 0 spiro atoms. The fourth-order valence-electron chi connectivity index (χ4n) is 6.62. The first-order valence-electron chi connectivity index (χ1n) is 17.9. The van der Waals surface area contributed by atoms with Crippen LogP contribution < -0.4 is 30.8 Å². The van der Waals surface area contributed by atoms with Crippen molar-refractivity contribution in [2.75, 3.05) is 47.8 Å². The van der Waals surface area contributed by atoms with E-state index in [9.17, 15) is 36.1 Å². The van der Waals surface area contributed by atoms with Gasteiger partial charge in [0.25, 0.3) is 11.8 Å². The SMILES string of the molecule is CI.CI(N)F.CNC(=O)Nc1ccc2c(c1)C(COC(=O)NF)c1ccccc1-2.CNC(=O)Nc1ccc2c(c1)C(COC(=O)ON1C(=O)CCC1=O)c1ccccc1-2. The zero-order valence-corrected chi connectivity index (χ0v) is 37.1. The number of fused-ring (bicyclic) bond motifs is 6. The fraction of sp³-hybridized carbons (Fsp3) is 0.250. The number of hydrogen-bond donors (Lipinski definition) is 6. The van der Waals surface area contributed by atoms with Gasteiger partial charge in [0.2, 0.25) is 0 Å². The molecule has 20 heteroatoms. The van der Waals surface area contributed by atoms with Crippen molar-refractivity contribution in [3.05, 3.63) is 107 Å². The van der Waals surface area contributed by atoms with Gasteiger partial charge in [-0.2, -0.15) is 5.54 Å². The second kappa shape index (κ2) is 22.7. The van der Waals surface area contributed by atoms with E-state index in [-0.39, 0.29) is 50.0 Å². The van der Waals surface area contributed by atoms with Gasteiger partial charge >= 0.3 is 56.7 Å². The van der Waals surface area contributed by atoms with Gasteiger partial charge in [-0.05, 0) is 73.7 Å². The van der Waals surface area contributed by atoms with Gasteiger partial charge in [-0.1, -0.05) is 92.8 Å². The molecule has 4 aromatic carbocycles. The topological polar surface area (TPSA) is 220 Å². The first kappa shape index (κ1) is 47.1. The number of amides is 7. The molecule has 16 nitrogen and oxygen atoms in total. The summed E-state index contributed by atoms with van der Waals surface area (Å²) in [6.45, 7) is -0.0499. The van der Waals surface area contributed by atoms with E-state index in [1.54, 1.807) is 6.07 Å². The third-order valence-corrected chi connectivity index (χ3v) is 9.07. The van der Waals surface area contributed by atoms with Gasteiger partial charge in [0.15, 0.2) is 0 Å². The molecular weight excluding hydrogens is 1010 g/mol. The van der Waals surface area contributed by atoms with Crippen LogP contribution in [0.25, 0.3) is 22.3 Å². The number of nitrogens with zero attached hydrogens (tertiary/aromatic N) is 1. The van der Waals surface area contributed by atoms with Gasteiger partial charge in [0.05, 0.1) is 0 Å². The maximum Gasteiger partial charge on any atom is 0.533 e. The summed E-state index contributed by atoms with van der Waals surface area (Å²) >= 11 is -0.113. The van der Waals surface area contributed by atoms with Crippen LogP contribution >= 0.6 is 43.3 Å². The summed E-state index contributed by atoms with van der Waals surface area (Å²) in [5.41, 5.74) is 9.95. The van der Waals surface area contributed by atoms with E-state index >= 15 is 0 Å². The molecule has 1 saturated heterocycles. The normalized spacial score (nSPS) is 14.9. The summed E-state index contributed by atoms with van der Waals surface area (Å²) in [5, 5.41) is 10.9. The number of urea groups is 2. The second-order valence-electron chi connectivity index (χ2n) is 12.7. The smallest absolute Gasteiger partial charge is 0.447 e. The largest absolute Gasteiger partial charge is 0.533 e.